The summed E-state index contributed by atoms with van der Waals surface area (Å²) in [5.74, 6) is -3.84. The van der Waals surface area contributed by atoms with Gasteiger partial charge >= 0.3 is 0 Å². The van der Waals surface area contributed by atoms with E-state index in [0.29, 0.717) is 5.56 Å². The summed E-state index contributed by atoms with van der Waals surface area (Å²) in [6.45, 7) is 0. The van der Waals surface area contributed by atoms with E-state index >= 15 is 0 Å². The minimum Gasteiger partial charge on any atom is -0.508 e. The first-order valence-corrected chi connectivity index (χ1v) is 12.7. The number of fused-ring (bicyclic) bond motifs is 2. The minimum absolute atomic E-state index is 0.00995. The van der Waals surface area contributed by atoms with Crippen molar-refractivity contribution in [3.8, 4) is 51.7 Å². The summed E-state index contributed by atoms with van der Waals surface area (Å²) in [5, 5.41) is 95.1. The Morgan fingerprint density at radius 3 is 1.83 bits per heavy atom. The lowest BCUT2D eigenvalue weighted by Gasteiger charge is -2.40. The van der Waals surface area contributed by atoms with Crippen LogP contribution in [-0.4, -0.2) is 58.2 Å². The largest absolute Gasteiger partial charge is 0.508 e. The molecule has 0 saturated heterocycles. The molecule has 4 aromatic carbocycles. The first kappa shape index (κ1) is 26.2. The zero-order valence-corrected chi connectivity index (χ0v) is 21.2. The molecule has 0 amide bonds. The molecule has 5 unspecified atom stereocenters. The topological polar surface area (TPSA) is 201 Å². The fraction of sp³-hybridized carbons (Fsp3) is 0.200. The molecule has 0 bridgehead atoms. The van der Waals surface area contributed by atoms with Crippen molar-refractivity contribution in [2.45, 2.75) is 36.8 Å². The number of hydrogen-bond acceptors (Lipinski definition) is 11. The van der Waals surface area contributed by atoms with Gasteiger partial charge in [0.1, 0.15) is 41.0 Å². The molecule has 212 valence electrons. The van der Waals surface area contributed by atoms with Gasteiger partial charge in [0, 0.05) is 29.2 Å². The van der Waals surface area contributed by atoms with Crippen molar-refractivity contribution < 1.29 is 55.4 Å². The van der Waals surface area contributed by atoms with E-state index in [-0.39, 0.29) is 63.2 Å². The standard InChI is InChI=1S/C30H26O11/c31-15-6-4-12(8-19(15)35)28-22(38)10-14-18(34)11-21(37)25(30(14)41-28)26-24-17(33)2-1-3-23(24)40-29(27(26)39)13-5-7-16(32)20(36)9-13/h1-9,11,22,26-29,31-39H,10H2. The number of rotatable bonds is 3. The van der Waals surface area contributed by atoms with Crippen LogP contribution >= 0.6 is 0 Å². The smallest absolute Gasteiger partial charge is 0.157 e. The molecule has 0 radical (unpaired) electrons. The molecule has 11 heteroatoms. The van der Waals surface area contributed by atoms with Crippen molar-refractivity contribution in [2.75, 3.05) is 0 Å². The SMILES string of the molecule is Oc1ccc(C2Oc3c(c(O)cc(O)c3C3c4c(O)cccc4OC(c4ccc(O)c(O)c4)C3O)CC2O)cc1O. The second-order valence-electron chi connectivity index (χ2n) is 10.1. The lowest BCUT2D eigenvalue weighted by molar-refractivity contribution is 0.00128. The molecule has 4 aromatic rings. The molecule has 11 nitrogen and oxygen atoms in total. The van der Waals surface area contributed by atoms with Crippen LogP contribution in [0.1, 0.15) is 45.9 Å². The van der Waals surface area contributed by atoms with Crippen LogP contribution in [0.4, 0.5) is 0 Å². The number of aliphatic hydroxyl groups is 2. The summed E-state index contributed by atoms with van der Waals surface area (Å²) in [5.41, 5.74) is 0.826. The summed E-state index contributed by atoms with van der Waals surface area (Å²) in [6.07, 6.45) is -5.11. The van der Waals surface area contributed by atoms with Crippen LogP contribution in [-0.2, 0) is 6.42 Å². The Kier molecular flexibility index (Phi) is 6.13. The third kappa shape index (κ3) is 4.22. The van der Waals surface area contributed by atoms with E-state index in [2.05, 4.69) is 0 Å². The van der Waals surface area contributed by atoms with Crippen molar-refractivity contribution >= 4 is 0 Å². The Bertz CT molecular complexity index is 1670. The van der Waals surface area contributed by atoms with E-state index in [1.54, 1.807) is 6.07 Å². The third-order valence-corrected chi connectivity index (χ3v) is 7.61. The molecule has 2 aliphatic rings. The van der Waals surface area contributed by atoms with Gasteiger partial charge in [0.2, 0.25) is 0 Å². The van der Waals surface area contributed by atoms with Gasteiger partial charge in [-0.15, -0.1) is 0 Å². The van der Waals surface area contributed by atoms with E-state index in [9.17, 15) is 46.0 Å². The van der Waals surface area contributed by atoms with Crippen molar-refractivity contribution in [1.82, 2.24) is 0 Å². The normalized spacial score (nSPS) is 23.1. The first-order chi connectivity index (χ1) is 19.5. The highest BCUT2D eigenvalue weighted by Crippen LogP contribution is 2.56. The molecular weight excluding hydrogens is 536 g/mol. The summed E-state index contributed by atoms with van der Waals surface area (Å²) >= 11 is 0. The number of phenolic OH excluding ortho intramolecular Hbond substituents is 7. The number of ether oxygens (including phenoxy) is 2. The van der Waals surface area contributed by atoms with Crippen LogP contribution in [0.5, 0.6) is 51.7 Å². The molecule has 2 heterocycles. The molecule has 6 rings (SSSR count). The fourth-order valence-electron chi connectivity index (χ4n) is 5.65. The second kappa shape index (κ2) is 9.58. The van der Waals surface area contributed by atoms with E-state index in [0.717, 1.165) is 6.07 Å². The Morgan fingerprint density at radius 2 is 1.20 bits per heavy atom. The lowest BCUT2D eigenvalue weighted by atomic mass is 9.77. The maximum atomic E-state index is 11.7. The van der Waals surface area contributed by atoms with Crippen LogP contribution in [0, 0.1) is 0 Å². The third-order valence-electron chi connectivity index (χ3n) is 7.61. The molecule has 5 atom stereocenters. The first-order valence-electron chi connectivity index (χ1n) is 12.7. The fourth-order valence-corrected chi connectivity index (χ4v) is 5.65. The number of aliphatic hydroxyl groups excluding tert-OH is 2. The molecule has 41 heavy (non-hydrogen) atoms. The van der Waals surface area contributed by atoms with Gasteiger partial charge in [0.05, 0.1) is 12.0 Å². The Hall–Kier alpha value is -5.00. The molecule has 0 spiro atoms. The number of benzene rings is 4. The van der Waals surface area contributed by atoms with E-state index in [1.807, 2.05) is 0 Å². The molecule has 9 N–H and O–H groups in total. The predicted molar refractivity (Wildman–Crippen MR) is 142 cm³/mol. The maximum absolute atomic E-state index is 11.7. The Balaban J connectivity index is 1.54. The lowest BCUT2D eigenvalue weighted by Crippen LogP contribution is -2.36. The highest BCUT2D eigenvalue weighted by Gasteiger charge is 2.46. The molecule has 0 aromatic heterocycles. The molecule has 0 saturated carbocycles. The van der Waals surface area contributed by atoms with Crippen molar-refractivity contribution in [2.24, 2.45) is 0 Å². The summed E-state index contributed by atoms with van der Waals surface area (Å²) in [4.78, 5) is 0. The van der Waals surface area contributed by atoms with E-state index in [4.69, 9.17) is 9.47 Å². The number of aromatic hydroxyl groups is 7. The van der Waals surface area contributed by atoms with Gasteiger partial charge in [-0.1, -0.05) is 18.2 Å². The number of hydrogen-bond donors (Lipinski definition) is 9. The second-order valence-corrected chi connectivity index (χ2v) is 10.1. The highest BCUT2D eigenvalue weighted by atomic mass is 16.5. The quantitative estimate of drug-likeness (QED) is 0.166. The predicted octanol–water partition coefficient (Wildman–Crippen LogP) is 3.29. The van der Waals surface area contributed by atoms with Crippen molar-refractivity contribution in [1.29, 1.82) is 0 Å². The van der Waals surface area contributed by atoms with Gasteiger partial charge in [0.25, 0.3) is 0 Å². The molecule has 0 fully saturated rings. The monoisotopic (exact) mass is 562 g/mol. The number of phenols is 7. The van der Waals surface area contributed by atoms with Crippen LogP contribution in [0.25, 0.3) is 0 Å². The summed E-state index contributed by atoms with van der Waals surface area (Å²) in [6, 6.07) is 13.3. The van der Waals surface area contributed by atoms with Crippen molar-refractivity contribution in [3.05, 3.63) is 88.5 Å². The zero-order chi connectivity index (χ0) is 29.2. The van der Waals surface area contributed by atoms with Crippen LogP contribution in [0.2, 0.25) is 0 Å². The average Bonchev–Trinajstić information content (AvgIpc) is 2.93. The highest BCUT2D eigenvalue weighted by molar-refractivity contribution is 5.65. The molecule has 0 aliphatic carbocycles. The average molecular weight is 563 g/mol. The van der Waals surface area contributed by atoms with Gasteiger partial charge in [-0.2, -0.15) is 0 Å². The van der Waals surface area contributed by atoms with E-state index < -0.39 is 47.6 Å². The maximum Gasteiger partial charge on any atom is 0.157 e. The van der Waals surface area contributed by atoms with Gasteiger partial charge in [-0.25, -0.2) is 0 Å². The van der Waals surface area contributed by atoms with Gasteiger partial charge in [-0.05, 0) is 47.5 Å². The Morgan fingerprint density at radius 1 is 0.561 bits per heavy atom. The molecular formula is C30H26O11. The van der Waals surface area contributed by atoms with Crippen LogP contribution < -0.4 is 9.47 Å². The van der Waals surface area contributed by atoms with Gasteiger partial charge in [0.15, 0.2) is 29.1 Å². The summed E-state index contributed by atoms with van der Waals surface area (Å²) < 4.78 is 12.2. The Labute approximate surface area is 232 Å². The minimum atomic E-state index is -1.51. The van der Waals surface area contributed by atoms with Crippen LogP contribution in [0.15, 0.2) is 60.7 Å². The van der Waals surface area contributed by atoms with Crippen LogP contribution in [0.3, 0.4) is 0 Å². The van der Waals surface area contributed by atoms with Crippen molar-refractivity contribution in [3.63, 3.8) is 0 Å². The zero-order valence-electron chi connectivity index (χ0n) is 21.2. The van der Waals surface area contributed by atoms with Gasteiger partial charge in [-0.3, -0.25) is 0 Å². The van der Waals surface area contributed by atoms with Gasteiger partial charge < -0.3 is 55.4 Å². The van der Waals surface area contributed by atoms with E-state index in [1.165, 1.54) is 48.5 Å². The molecule has 2 aliphatic heterocycles. The summed E-state index contributed by atoms with van der Waals surface area (Å²) in [7, 11) is 0.